The second kappa shape index (κ2) is 14.7. The molecule has 0 amide bonds. The molecule has 4 aromatic rings. The standard InChI is InChI=1S/C39H45NO4/c1-5-9-28-14-20-35-32(24-28)15-16-33-26-31(27(2)30-10-7-6-8-11-30)17-21-36(33)38(35)40(3)22-23-44-34-18-12-29(13-19-34)25-37(43-4)39(41)42/h6-8,10-14,17-21,24,26-27,37-38H,5,9,15-16,22-23,25H2,1-4H3,(H,41,42). The van der Waals surface area contributed by atoms with Crippen molar-refractivity contribution in [2.24, 2.45) is 0 Å². The van der Waals surface area contributed by atoms with Crippen LogP contribution in [0.3, 0.4) is 0 Å². The number of aryl methyl sites for hydroxylation is 3. The van der Waals surface area contributed by atoms with Gasteiger partial charge in [0, 0.05) is 26.0 Å². The molecule has 1 N–H and O–H groups in total. The number of carboxylic acids is 1. The van der Waals surface area contributed by atoms with Crippen molar-refractivity contribution in [1.82, 2.24) is 4.90 Å². The number of hydrogen-bond donors (Lipinski definition) is 1. The lowest BCUT2D eigenvalue weighted by atomic mass is 9.87. The van der Waals surface area contributed by atoms with Crippen molar-refractivity contribution in [2.45, 2.75) is 64.0 Å². The van der Waals surface area contributed by atoms with Crippen LogP contribution in [-0.2, 0) is 35.2 Å². The summed E-state index contributed by atoms with van der Waals surface area (Å²) in [7, 11) is 3.62. The lowest BCUT2D eigenvalue weighted by Crippen LogP contribution is -2.30. The van der Waals surface area contributed by atoms with Gasteiger partial charge in [-0.05, 0) is 83.0 Å². The molecule has 0 saturated heterocycles. The van der Waals surface area contributed by atoms with Crippen molar-refractivity contribution >= 4 is 5.97 Å². The molecule has 3 atom stereocenters. The molecule has 3 unspecified atom stereocenters. The number of hydrogen-bond acceptors (Lipinski definition) is 4. The summed E-state index contributed by atoms with van der Waals surface area (Å²) in [5.74, 6) is 0.154. The fourth-order valence-corrected chi connectivity index (χ4v) is 6.45. The number of methoxy groups -OCH3 is 1. The van der Waals surface area contributed by atoms with Gasteiger partial charge in [0.2, 0.25) is 0 Å². The second-order valence-corrected chi connectivity index (χ2v) is 12.0. The summed E-state index contributed by atoms with van der Waals surface area (Å²) >= 11 is 0. The average Bonchev–Trinajstić information content (AvgIpc) is 3.20. The third-order valence-electron chi connectivity index (χ3n) is 9.02. The molecule has 0 aliphatic heterocycles. The maximum atomic E-state index is 11.3. The molecule has 5 heteroatoms. The van der Waals surface area contributed by atoms with Crippen molar-refractivity contribution in [1.29, 1.82) is 0 Å². The fraction of sp³-hybridized carbons (Fsp3) is 0.359. The van der Waals surface area contributed by atoms with E-state index in [0.29, 0.717) is 18.9 Å². The highest BCUT2D eigenvalue weighted by atomic mass is 16.5. The number of fused-ring (bicyclic) bond motifs is 2. The van der Waals surface area contributed by atoms with Crippen LogP contribution in [0.25, 0.3) is 0 Å². The van der Waals surface area contributed by atoms with Gasteiger partial charge in [0.15, 0.2) is 6.10 Å². The maximum Gasteiger partial charge on any atom is 0.333 e. The van der Waals surface area contributed by atoms with Gasteiger partial charge in [-0.3, -0.25) is 4.90 Å². The smallest absolute Gasteiger partial charge is 0.333 e. The number of carbonyl (C=O) groups is 1. The molecule has 1 aliphatic carbocycles. The van der Waals surface area contributed by atoms with Crippen molar-refractivity contribution in [3.8, 4) is 5.75 Å². The van der Waals surface area contributed by atoms with E-state index in [9.17, 15) is 9.90 Å². The van der Waals surface area contributed by atoms with Crippen LogP contribution in [0.15, 0.2) is 91.0 Å². The molecule has 0 saturated carbocycles. The Balaban J connectivity index is 1.35. The Kier molecular flexibility index (Phi) is 10.5. The first kappa shape index (κ1) is 31.5. The van der Waals surface area contributed by atoms with Gasteiger partial charge < -0.3 is 14.6 Å². The third kappa shape index (κ3) is 7.40. The Bertz CT molecular complexity index is 1530. The molecule has 0 aromatic heterocycles. The minimum Gasteiger partial charge on any atom is -0.492 e. The van der Waals surface area contributed by atoms with Crippen LogP contribution in [0, 0.1) is 0 Å². The van der Waals surface area contributed by atoms with Gasteiger partial charge in [-0.1, -0.05) is 99.1 Å². The van der Waals surface area contributed by atoms with Crippen LogP contribution in [0.2, 0.25) is 0 Å². The SMILES string of the molecule is CCCc1ccc2c(c1)CCc1cc(C(C)c3ccccc3)ccc1C2N(C)CCOc1ccc(CC(OC)C(=O)O)cc1. The predicted octanol–water partition coefficient (Wildman–Crippen LogP) is 7.63. The summed E-state index contributed by atoms with van der Waals surface area (Å²) in [6.45, 7) is 5.85. The van der Waals surface area contributed by atoms with Crippen LogP contribution in [0.4, 0.5) is 0 Å². The molecule has 4 aromatic carbocycles. The predicted molar refractivity (Wildman–Crippen MR) is 177 cm³/mol. The average molecular weight is 592 g/mol. The van der Waals surface area contributed by atoms with E-state index in [-0.39, 0.29) is 6.04 Å². The third-order valence-corrected chi connectivity index (χ3v) is 9.02. The van der Waals surface area contributed by atoms with Crippen molar-refractivity contribution in [3.05, 3.63) is 136 Å². The largest absolute Gasteiger partial charge is 0.492 e. The zero-order valence-corrected chi connectivity index (χ0v) is 26.5. The van der Waals surface area contributed by atoms with Gasteiger partial charge in [-0.2, -0.15) is 0 Å². The molecule has 44 heavy (non-hydrogen) atoms. The first-order valence-corrected chi connectivity index (χ1v) is 15.8. The van der Waals surface area contributed by atoms with Crippen LogP contribution >= 0.6 is 0 Å². The van der Waals surface area contributed by atoms with Crippen LogP contribution in [-0.4, -0.2) is 49.4 Å². The number of likely N-dealkylation sites (N-methyl/N-ethyl adjacent to an activating group) is 1. The number of rotatable bonds is 13. The minimum absolute atomic E-state index is 0.146. The van der Waals surface area contributed by atoms with Crippen LogP contribution in [0.5, 0.6) is 5.75 Å². The molecule has 0 fully saturated rings. The first-order valence-electron chi connectivity index (χ1n) is 15.8. The minimum atomic E-state index is -0.957. The number of aliphatic carboxylic acids is 1. The van der Waals surface area contributed by atoms with E-state index >= 15 is 0 Å². The van der Waals surface area contributed by atoms with Gasteiger partial charge in [-0.25, -0.2) is 4.79 Å². The molecule has 0 bridgehead atoms. The fourth-order valence-electron chi connectivity index (χ4n) is 6.45. The lowest BCUT2D eigenvalue weighted by Gasteiger charge is -2.31. The Morgan fingerprint density at radius 3 is 2.20 bits per heavy atom. The van der Waals surface area contributed by atoms with E-state index in [4.69, 9.17) is 9.47 Å². The topological polar surface area (TPSA) is 59.0 Å². The summed E-state index contributed by atoms with van der Waals surface area (Å²) in [5.41, 5.74) is 10.7. The van der Waals surface area contributed by atoms with Crippen molar-refractivity contribution in [2.75, 3.05) is 27.3 Å². The Hall–Kier alpha value is -3.93. The molecule has 0 heterocycles. The summed E-state index contributed by atoms with van der Waals surface area (Å²) in [6.07, 6.45) is 3.80. The van der Waals surface area contributed by atoms with Crippen molar-refractivity contribution in [3.63, 3.8) is 0 Å². The highest BCUT2D eigenvalue weighted by molar-refractivity contribution is 5.72. The molecule has 0 radical (unpaired) electrons. The van der Waals surface area contributed by atoms with E-state index in [0.717, 1.165) is 43.5 Å². The van der Waals surface area contributed by atoms with E-state index in [1.54, 1.807) is 0 Å². The van der Waals surface area contributed by atoms with Gasteiger partial charge >= 0.3 is 5.97 Å². The van der Waals surface area contributed by atoms with Gasteiger partial charge in [-0.15, -0.1) is 0 Å². The van der Waals surface area contributed by atoms with Gasteiger partial charge in [0.1, 0.15) is 12.4 Å². The number of carboxylic acid groups (broad SMARTS) is 1. The van der Waals surface area contributed by atoms with Gasteiger partial charge in [0.25, 0.3) is 0 Å². The molecule has 5 nitrogen and oxygen atoms in total. The zero-order valence-electron chi connectivity index (χ0n) is 26.5. The highest BCUT2D eigenvalue weighted by Gasteiger charge is 2.28. The molecule has 230 valence electrons. The summed E-state index contributed by atoms with van der Waals surface area (Å²) in [4.78, 5) is 13.7. The normalized spacial score (nSPS) is 15.6. The molecular formula is C39H45NO4. The highest BCUT2D eigenvalue weighted by Crippen LogP contribution is 2.38. The summed E-state index contributed by atoms with van der Waals surface area (Å²) in [6, 6.07) is 32.8. The van der Waals surface area contributed by atoms with E-state index in [1.165, 1.54) is 46.1 Å². The summed E-state index contributed by atoms with van der Waals surface area (Å²) < 4.78 is 11.2. The monoisotopic (exact) mass is 591 g/mol. The first-order chi connectivity index (χ1) is 21.4. The van der Waals surface area contributed by atoms with E-state index in [2.05, 4.69) is 92.5 Å². The quantitative estimate of drug-likeness (QED) is 0.173. The summed E-state index contributed by atoms with van der Waals surface area (Å²) in [5, 5.41) is 9.27. The Labute approximate surface area is 262 Å². The van der Waals surface area contributed by atoms with Crippen LogP contribution in [0.1, 0.15) is 76.7 Å². The zero-order chi connectivity index (χ0) is 31.1. The number of nitrogens with zero attached hydrogens (tertiary/aromatic N) is 1. The lowest BCUT2D eigenvalue weighted by molar-refractivity contribution is -0.148. The van der Waals surface area contributed by atoms with Gasteiger partial charge in [0.05, 0.1) is 6.04 Å². The molecule has 0 spiro atoms. The molecule has 1 aliphatic rings. The van der Waals surface area contributed by atoms with Crippen molar-refractivity contribution < 1.29 is 19.4 Å². The van der Waals surface area contributed by atoms with Crippen LogP contribution < -0.4 is 4.74 Å². The second-order valence-electron chi connectivity index (χ2n) is 12.0. The number of benzene rings is 4. The maximum absolute atomic E-state index is 11.3. The van der Waals surface area contributed by atoms with E-state index in [1.807, 2.05) is 24.3 Å². The molecule has 5 rings (SSSR count). The Morgan fingerprint density at radius 2 is 1.55 bits per heavy atom. The molecular weight excluding hydrogens is 546 g/mol. The Morgan fingerprint density at radius 1 is 0.886 bits per heavy atom. The van der Waals surface area contributed by atoms with E-state index < -0.39 is 12.1 Å². The number of ether oxygens (including phenoxy) is 2.